The number of amides is 1. The van der Waals surface area contributed by atoms with Gasteiger partial charge < -0.3 is 19.1 Å². The molecule has 0 spiro atoms. The smallest absolute Gasteiger partial charge is 0.262 e. The van der Waals surface area contributed by atoms with Crippen LogP contribution < -0.4 is 23.8 Å². The lowest BCUT2D eigenvalue weighted by molar-refractivity contribution is 0.0988. The average Bonchev–Trinajstić information content (AvgIpc) is 2.91. The fourth-order valence-corrected chi connectivity index (χ4v) is 4.57. The lowest BCUT2D eigenvalue weighted by atomic mass is 10.1. The van der Waals surface area contributed by atoms with Crippen molar-refractivity contribution in [3.05, 3.63) is 66.2 Å². The molecular formula is C23H22N2O6S. The van der Waals surface area contributed by atoms with E-state index in [1.807, 2.05) is 25.1 Å². The molecule has 0 aliphatic carbocycles. The van der Waals surface area contributed by atoms with E-state index in [0.29, 0.717) is 29.5 Å². The molecule has 3 aromatic carbocycles. The third kappa shape index (κ3) is 3.82. The number of benzene rings is 3. The highest BCUT2D eigenvalue weighted by Crippen LogP contribution is 2.39. The quantitative estimate of drug-likeness (QED) is 0.598. The van der Waals surface area contributed by atoms with Crippen LogP contribution in [0.4, 0.5) is 11.4 Å². The minimum Gasteiger partial charge on any atom is -0.493 e. The summed E-state index contributed by atoms with van der Waals surface area (Å²) in [5, 5.41) is 0. The highest BCUT2D eigenvalue weighted by Gasteiger charge is 2.28. The van der Waals surface area contributed by atoms with Crippen LogP contribution in [0.3, 0.4) is 0 Å². The van der Waals surface area contributed by atoms with Gasteiger partial charge in [-0.25, -0.2) is 8.42 Å². The second kappa shape index (κ2) is 8.43. The molecule has 0 fully saturated rings. The van der Waals surface area contributed by atoms with Crippen molar-refractivity contribution in [3.8, 4) is 23.0 Å². The summed E-state index contributed by atoms with van der Waals surface area (Å²) >= 11 is 0. The second-order valence-electron chi connectivity index (χ2n) is 6.95. The number of nitrogens with zero attached hydrogens (tertiary/aromatic N) is 1. The summed E-state index contributed by atoms with van der Waals surface area (Å²) < 4.78 is 44.7. The molecule has 32 heavy (non-hydrogen) atoms. The molecule has 1 amide bonds. The van der Waals surface area contributed by atoms with Gasteiger partial charge in [0.05, 0.1) is 30.4 Å². The van der Waals surface area contributed by atoms with Crippen molar-refractivity contribution in [1.82, 2.24) is 0 Å². The summed E-state index contributed by atoms with van der Waals surface area (Å²) in [5.74, 6) is 1.34. The first-order valence-corrected chi connectivity index (χ1v) is 11.3. The maximum Gasteiger partial charge on any atom is 0.262 e. The van der Waals surface area contributed by atoms with Gasteiger partial charge in [-0.3, -0.25) is 9.52 Å². The third-order valence-corrected chi connectivity index (χ3v) is 6.44. The molecule has 1 aliphatic rings. The number of fused-ring (bicyclic) bond motifs is 2. The van der Waals surface area contributed by atoms with Crippen molar-refractivity contribution in [3.63, 3.8) is 0 Å². The summed E-state index contributed by atoms with van der Waals surface area (Å²) in [7, 11) is -1.05. The molecule has 0 saturated carbocycles. The van der Waals surface area contributed by atoms with Crippen molar-refractivity contribution in [1.29, 1.82) is 0 Å². The van der Waals surface area contributed by atoms with Crippen molar-refractivity contribution < 1.29 is 27.4 Å². The van der Waals surface area contributed by atoms with Crippen LogP contribution in [0.2, 0.25) is 0 Å². The molecule has 4 rings (SSSR count). The van der Waals surface area contributed by atoms with Gasteiger partial charge in [-0.15, -0.1) is 0 Å². The topological polar surface area (TPSA) is 94.2 Å². The molecule has 8 nitrogen and oxygen atoms in total. The monoisotopic (exact) mass is 454 g/mol. The van der Waals surface area contributed by atoms with Crippen molar-refractivity contribution in [2.45, 2.75) is 11.8 Å². The molecule has 166 valence electrons. The van der Waals surface area contributed by atoms with Crippen molar-refractivity contribution in [2.75, 3.05) is 30.4 Å². The molecule has 0 saturated heterocycles. The maximum atomic E-state index is 13.2. The first-order chi connectivity index (χ1) is 15.4. The highest BCUT2D eigenvalue weighted by atomic mass is 32.2. The zero-order chi connectivity index (χ0) is 22.9. The van der Waals surface area contributed by atoms with Gasteiger partial charge in [0, 0.05) is 18.3 Å². The summed E-state index contributed by atoms with van der Waals surface area (Å²) in [6.45, 7) is 2.30. The largest absolute Gasteiger partial charge is 0.493 e. The lowest BCUT2D eigenvalue weighted by Crippen LogP contribution is -2.29. The highest BCUT2D eigenvalue weighted by molar-refractivity contribution is 7.92. The van der Waals surface area contributed by atoms with Gasteiger partial charge in [0.2, 0.25) is 0 Å². The molecule has 3 aromatic rings. The van der Waals surface area contributed by atoms with E-state index >= 15 is 0 Å². The van der Waals surface area contributed by atoms with Gasteiger partial charge in [-0.1, -0.05) is 12.1 Å². The molecule has 1 heterocycles. The standard InChI is InChI=1S/C23H22N2O6S/c1-4-25-18-7-5-6-8-20(18)31-19-11-9-15(13-17(19)23(25)26)24-32(27,28)16-10-12-21(29-2)22(14-16)30-3/h5-14,24H,4H2,1-3H3. The van der Waals surface area contributed by atoms with Crippen LogP contribution in [-0.2, 0) is 10.0 Å². The van der Waals surface area contributed by atoms with Gasteiger partial charge in [-0.2, -0.15) is 0 Å². The molecule has 0 unspecified atom stereocenters. The number of sulfonamides is 1. The second-order valence-corrected chi connectivity index (χ2v) is 8.63. The van der Waals surface area contributed by atoms with E-state index in [-0.39, 0.29) is 27.8 Å². The van der Waals surface area contributed by atoms with Crippen LogP contribution in [0, 0.1) is 0 Å². The van der Waals surface area contributed by atoms with E-state index in [2.05, 4.69) is 4.72 Å². The van der Waals surface area contributed by atoms with Crippen LogP contribution in [0.5, 0.6) is 23.0 Å². The predicted molar refractivity (Wildman–Crippen MR) is 121 cm³/mol. The fourth-order valence-electron chi connectivity index (χ4n) is 3.50. The Morgan fingerprint density at radius 3 is 2.41 bits per heavy atom. The number of ether oxygens (including phenoxy) is 3. The minimum absolute atomic E-state index is 0.00439. The van der Waals surface area contributed by atoms with E-state index in [1.54, 1.807) is 23.1 Å². The number of para-hydroxylation sites is 2. The van der Waals surface area contributed by atoms with Crippen molar-refractivity contribution >= 4 is 27.3 Å². The van der Waals surface area contributed by atoms with Gasteiger partial charge in [0.1, 0.15) is 5.75 Å². The predicted octanol–water partition coefficient (Wildman–Crippen LogP) is 4.28. The molecule has 0 atom stereocenters. The summed E-state index contributed by atoms with van der Waals surface area (Å²) in [4.78, 5) is 14.8. The Kier molecular flexibility index (Phi) is 5.67. The first-order valence-electron chi connectivity index (χ1n) is 9.85. The molecule has 9 heteroatoms. The SMILES string of the molecule is CCN1C(=O)c2cc(NS(=O)(=O)c3ccc(OC)c(OC)c3)ccc2Oc2ccccc21. The normalized spacial score (nSPS) is 12.8. The number of hydrogen-bond acceptors (Lipinski definition) is 6. The van der Waals surface area contributed by atoms with E-state index in [1.165, 1.54) is 38.5 Å². The number of carbonyl (C=O) groups excluding carboxylic acids is 1. The fraction of sp³-hybridized carbons (Fsp3) is 0.174. The molecule has 1 N–H and O–H groups in total. The minimum atomic E-state index is -3.95. The van der Waals surface area contributed by atoms with Crippen molar-refractivity contribution in [2.24, 2.45) is 0 Å². The molecule has 0 radical (unpaired) electrons. The van der Waals surface area contributed by atoms with E-state index < -0.39 is 10.0 Å². The van der Waals surface area contributed by atoms with Gasteiger partial charge in [0.15, 0.2) is 17.2 Å². The Morgan fingerprint density at radius 1 is 0.938 bits per heavy atom. The molecule has 1 aliphatic heterocycles. The molecule has 0 aromatic heterocycles. The Morgan fingerprint density at radius 2 is 1.69 bits per heavy atom. The zero-order valence-electron chi connectivity index (χ0n) is 17.8. The number of methoxy groups -OCH3 is 2. The van der Waals surface area contributed by atoms with Crippen LogP contribution in [0.1, 0.15) is 17.3 Å². The number of nitrogens with one attached hydrogen (secondary N) is 1. The maximum absolute atomic E-state index is 13.2. The molecule has 0 bridgehead atoms. The average molecular weight is 455 g/mol. The van der Waals surface area contributed by atoms with Crippen LogP contribution in [0.25, 0.3) is 0 Å². The summed E-state index contributed by atoms with van der Waals surface area (Å²) in [6, 6.07) is 16.2. The van der Waals surface area contributed by atoms with E-state index in [0.717, 1.165) is 0 Å². The lowest BCUT2D eigenvalue weighted by Gasteiger charge is -2.20. The zero-order valence-corrected chi connectivity index (χ0v) is 18.6. The Hall–Kier alpha value is -3.72. The van der Waals surface area contributed by atoms with E-state index in [9.17, 15) is 13.2 Å². The summed E-state index contributed by atoms with van der Waals surface area (Å²) in [6.07, 6.45) is 0. The van der Waals surface area contributed by atoms with Crippen LogP contribution in [0.15, 0.2) is 65.6 Å². The third-order valence-electron chi connectivity index (χ3n) is 5.06. The number of hydrogen-bond donors (Lipinski definition) is 1. The Bertz CT molecular complexity index is 1290. The van der Waals surface area contributed by atoms with Crippen LogP contribution >= 0.6 is 0 Å². The first kappa shape index (κ1) is 21.5. The number of carbonyl (C=O) groups is 1. The van der Waals surface area contributed by atoms with Gasteiger partial charge in [0.25, 0.3) is 15.9 Å². The Labute approximate surface area is 186 Å². The number of rotatable bonds is 6. The van der Waals surface area contributed by atoms with E-state index in [4.69, 9.17) is 14.2 Å². The number of anilines is 2. The van der Waals surface area contributed by atoms with Gasteiger partial charge >= 0.3 is 0 Å². The summed E-state index contributed by atoms with van der Waals surface area (Å²) in [5.41, 5.74) is 1.15. The van der Waals surface area contributed by atoms with Crippen LogP contribution in [-0.4, -0.2) is 35.1 Å². The van der Waals surface area contributed by atoms with Gasteiger partial charge in [-0.05, 0) is 49.4 Å². The Balaban J connectivity index is 1.69. The molecular weight excluding hydrogens is 432 g/mol.